The summed E-state index contributed by atoms with van der Waals surface area (Å²) < 4.78 is 62.9. The largest absolute Gasteiger partial charge is 0.497 e. The summed E-state index contributed by atoms with van der Waals surface area (Å²) >= 11 is 2.05. The van der Waals surface area contributed by atoms with Gasteiger partial charge < -0.3 is 0 Å². The molecular weight excluding hydrogens is 272 g/mol. The number of benzene rings is 1. The number of hydrogen-bond donors (Lipinski definition) is 0. The van der Waals surface area contributed by atoms with Crippen molar-refractivity contribution in [2.24, 2.45) is 0 Å². The van der Waals surface area contributed by atoms with Crippen LogP contribution in [0.15, 0.2) is 18.2 Å². The normalized spacial score (nSPS) is 13.8. The summed E-state index contributed by atoms with van der Waals surface area (Å²) in [6, 6.07) is 3.60. The number of halogens is 5. The third-order valence-corrected chi connectivity index (χ3v) is 2.62. The molecule has 2 nitrogen and oxygen atoms in total. The summed E-state index contributed by atoms with van der Waals surface area (Å²) in [6.45, 7) is -0.808. The Morgan fingerprint density at radius 2 is 2.00 bits per heavy atom. The number of alkyl halides is 3. The molecule has 0 aliphatic heterocycles. The molecule has 0 amide bonds. The van der Waals surface area contributed by atoms with E-state index in [0.717, 1.165) is 6.07 Å². The van der Waals surface area contributed by atoms with E-state index in [-0.39, 0.29) is 10.6 Å². The highest BCUT2D eigenvalue weighted by Gasteiger charge is 2.38. The standard InChI is InChI=1S/C8H5ClF4O2S/c9-6-2-1-3-7(10)5(6)4-15-16(14)8(11,12)13/h1-3H,4H2. The Kier molecular flexibility index (Phi) is 4.28. The van der Waals surface area contributed by atoms with Crippen molar-refractivity contribution in [2.75, 3.05) is 0 Å². The molecule has 1 rings (SSSR count). The highest BCUT2D eigenvalue weighted by Crippen LogP contribution is 2.24. The van der Waals surface area contributed by atoms with Crippen LogP contribution in [0.5, 0.6) is 0 Å². The van der Waals surface area contributed by atoms with Crippen molar-refractivity contribution >= 4 is 22.7 Å². The van der Waals surface area contributed by atoms with Crippen LogP contribution in [0, 0.1) is 5.82 Å². The van der Waals surface area contributed by atoms with Gasteiger partial charge in [-0.1, -0.05) is 17.7 Å². The van der Waals surface area contributed by atoms with Gasteiger partial charge in [-0.05, 0) is 12.1 Å². The third-order valence-electron chi connectivity index (χ3n) is 1.56. The fourth-order valence-electron chi connectivity index (χ4n) is 0.849. The monoisotopic (exact) mass is 276 g/mol. The molecule has 1 unspecified atom stereocenters. The van der Waals surface area contributed by atoms with Crippen molar-refractivity contribution in [1.29, 1.82) is 0 Å². The minimum absolute atomic E-state index is 0.0841. The highest BCUT2D eigenvalue weighted by atomic mass is 35.5. The van der Waals surface area contributed by atoms with Crippen LogP contribution in [0.4, 0.5) is 17.6 Å². The van der Waals surface area contributed by atoms with Crippen LogP contribution in [0.3, 0.4) is 0 Å². The minimum atomic E-state index is -4.99. The van der Waals surface area contributed by atoms with E-state index in [1.54, 1.807) is 0 Å². The predicted molar refractivity (Wildman–Crippen MR) is 50.4 cm³/mol. The van der Waals surface area contributed by atoms with Crippen LogP contribution in [-0.4, -0.2) is 9.72 Å². The van der Waals surface area contributed by atoms with Crippen molar-refractivity contribution in [3.8, 4) is 0 Å². The van der Waals surface area contributed by atoms with Crippen LogP contribution < -0.4 is 0 Å². The van der Waals surface area contributed by atoms with E-state index in [4.69, 9.17) is 11.6 Å². The molecule has 1 atom stereocenters. The van der Waals surface area contributed by atoms with Crippen molar-refractivity contribution in [1.82, 2.24) is 0 Å². The van der Waals surface area contributed by atoms with Crippen LogP contribution in [0.25, 0.3) is 0 Å². The lowest BCUT2D eigenvalue weighted by Gasteiger charge is -2.08. The molecule has 0 heterocycles. The molecule has 8 heteroatoms. The van der Waals surface area contributed by atoms with Crippen LogP contribution in [0.2, 0.25) is 5.02 Å². The second-order valence-corrected chi connectivity index (χ2v) is 4.22. The Bertz CT molecular complexity index is 387. The van der Waals surface area contributed by atoms with E-state index in [2.05, 4.69) is 4.18 Å². The maximum Gasteiger partial charge on any atom is 0.497 e. The van der Waals surface area contributed by atoms with Crippen molar-refractivity contribution in [2.45, 2.75) is 12.1 Å². The molecule has 0 fully saturated rings. The first kappa shape index (κ1) is 13.4. The summed E-state index contributed by atoms with van der Waals surface area (Å²) in [5, 5.41) is -0.0841. The zero-order chi connectivity index (χ0) is 12.3. The van der Waals surface area contributed by atoms with Crippen LogP contribution in [0.1, 0.15) is 5.56 Å². The molecule has 16 heavy (non-hydrogen) atoms. The molecular formula is C8H5ClF4O2S. The lowest BCUT2D eigenvalue weighted by Crippen LogP contribution is -2.18. The van der Waals surface area contributed by atoms with Crippen LogP contribution in [-0.2, 0) is 21.9 Å². The molecule has 0 aliphatic carbocycles. The van der Waals surface area contributed by atoms with E-state index >= 15 is 0 Å². The molecule has 1 aromatic rings. The smallest absolute Gasteiger partial charge is 0.279 e. The third kappa shape index (κ3) is 3.43. The van der Waals surface area contributed by atoms with Gasteiger partial charge in [-0.3, -0.25) is 4.18 Å². The molecule has 0 bridgehead atoms. The van der Waals surface area contributed by atoms with Gasteiger partial charge in [0.25, 0.3) is 11.1 Å². The molecule has 0 saturated heterocycles. The van der Waals surface area contributed by atoms with Gasteiger partial charge in [-0.2, -0.15) is 13.2 Å². The van der Waals surface area contributed by atoms with Gasteiger partial charge in [0.05, 0.1) is 6.61 Å². The van der Waals surface area contributed by atoms with E-state index in [0.29, 0.717) is 0 Å². The SMILES string of the molecule is O=S(OCc1c(F)cccc1Cl)C(F)(F)F. The minimum Gasteiger partial charge on any atom is -0.279 e. The summed E-state index contributed by atoms with van der Waals surface area (Å²) in [4.78, 5) is 0. The second kappa shape index (κ2) is 5.11. The van der Waals surface area contributed by atoms with Crippen molar-refractivity contribution < 1.29 is 26.0 Å². The Morgan fingerprint density at radius 3 is 2.50 bits per heavy atom. The molecule has 0 aliphatic rings. The van der Waals surface area contributed by atoms with Gasteiger partial charge in [0.15, 0.2) is 0 Å². The Hall–Kier alpha value is -0.660. The van der Waals surface area contributed by atoms with Crippen LogP contribution >= 0.6 is 11.6 Å². The topological polar surface area (TPSA) is 26.3 Å². The van der Waals surface area contributed by atoms with Gasteiger partial charge in [0.1, 0.15) is 5.82 Å². The number of hydrogen-bond acceptors (Lipinski definition) is 2. The molecule has 0 spiro atoms. The average molecular weight is 277 g/mol. The van der Waals surface area contributed by atoms with E-state index in [1.165, 1.54) is 12.1 Å². The lowest BCUT2D eigenvalue weighted by molar-refractivity contribution is -0.0477. The fourth-order valence-corrected chi connectivity index (χ4v) is 1.43. The summed E-state index contributed by atoms with van der Waals surface area (Å²) in [6.07, 6.45) is 0. The van der Waals surface area contributed by atoms with Crippen molar-refractivity contribution in [3.63, 3.8) is 0 Å². The summed E-state index contributed by atoms with van der Waals surface area (Å²) in [5.41, 5.74) is -5.25. The van der Waals surface area contributed by atoms with Gasteiger partial charge >= 0.3 is 5.51 Å². The van der Waals surface area contributed by atoms with Gasteiger partial charge in [0, 0.05) is 10.6 Å². The van der Waals surface area contributed by atoms with Gasteiger partial charge in [-0.15, -0.1) is 0 Å². The molecule has 0 aromatic heterocycles. The number of rotatable bonds is 3. The predicted octanol–water partition coefficient (Wildman–Crippen LogP) is 3.18. The molecule has 0 N–H and O–H groups in total. The first-order valence-corrected chi connectivity index (χ1v) is 5.32. The van der Waals surface area contributed by atoms with Gasteiger partial charge in [0.2, 0.25) is 0 Å². The molecule has 0 saturated carbocycles. The fraction of sp³-hybridized carbons (Fsp3) is 0.250. The van der Waals surface area contributed by atoms with Gasteiger partial charge in [-0.25, -0.2) is 8.60 Å². The summed E-state index contributed by atoms with van der Waals surface area (Å²) in [5.74, 6) is -0.813. The molecule has 1 aromatic carbocycles. The first-order valence-electron chi connectivity index (χ1n) is 3.87. The second-order valence-electron chi connectivity index (χ2n) is 2.64. The Morgan fingerprint density at radius 1 is 1.38 bits per heavy atom. The highest BCUT2D eigenvalue weighted by molar-refractivity contribution is 7.81. The molecule has 0 radical (unpaired) electrons. The Labute approximate surface area is 95.8 Å². The zero-order valence-electron chi connectivity index (χ0n) is 7.55. The first-order chi connectivity index (χ1) is 7.32. The quantitative estimate of drug-likeness (QED) is 0.793. The van der Waals surface area contributed by atoms with E-state index < -0.39 is 29.0 Å². The van der Waals surface area contributed by atoms with Crippen molar-refractivity contribution in [3.05, 3.63) is 34.6 Å². The average Bonchev–Trinajstić information content (AvgIpc) is 2.15. The van der Waals surface area contributed by atoms with E-state index in [9.17, 15) is 21.8 Å². The maximum absolute atomic E-state index is 13.1. The summed E-state index contributed by atoms with van der Waals surface area (Å²) in [7, 11) is 0. The maximum atomic E-state index is 13.1. The Balaban J connectivity index is 2.73. The molecule has 90 valence electrons. The lowest BCUT2D eigenvalue weighted by atomic mass is 10.2. The van der Waals surface area contributed by atoms with E-state index in [1.807, 2.05) is 0 Å². The zero-order valence-corrected chi connectivity index (χ0v) is 9.13.